The van der Waals surface area contributed by atoms with Crippen LogP contribution in [0.1, 0.15) is 35.9 Å². The summed E-state index contributed by atoms with van der Waals surface area (Å²) >= 11 is 0. The lowest BCUT2D eigenvalue weighted by molar-refractivity contribution is 0.0662. The zero-order valence-corrected chi connectivity index (χ0v) is 12.0. The third-order valence-electron chi connectivity index (χ3n) is 4.02. The molecule has 0 saturated carbocycles. The van der Waals surface area contributed by atoms with E-state index in [-0.39, 0.29) is 17.9 Å². The Morgan fingerprint density at radius 3 is 3.00 bits per heavy atom. The monoisotopic (exact) mass is 289 g/mol. The highest BCUT2D eigenvalue weighted by molar-refractivity contribution is 5.95. The van der Waals surface area contributed by atoms with E-state index in [0.717, 1.165) is 24.8 Å². The van der Waals surface area contributed by atoms with Crippen molar-refractivity contribution < 1.29 is 19.1 Å². The van der Waals surface area contributed by atoms with Crippen molar-refractivity contribution in [3.8, 4) is 0 Å². The lowest BCUT2D eigenvalue weighted by Crippen LogP contribution is -2.36. The summed E-state index contributed by atoms with van der Waals surface area (Å²) < 4.78 is 11.1. The minimum Gasteiger partial charge on any atom is -0.475 e. The maximum absolute atomic E-state index is 11.3. The molecule has 5 nitrogen and oxygen atoms in total. The summed E-state index contributed by atoms with van der Waals surface area (Å²) in [5, 5.41) is 13.5. The van der Waals surface area contributed by atoms with Crippen LogP contribution in [0.3, 0.4) is 0 Å². The van der Waals surface area contributed by atoms with Crippen LogP contribution in [-0.4, -0.2) is 29.8 Å². The van der Waals surface area contributed by atoms with Gasteiger partial charge in [-0.05, 0) is 25.8 Å². The first-order chi connectivity index (χ1) is 10.2. The minimum absolute atomic E-state index is 0.0169. The highest BCUT2D eigenvalue weighted by atomic mass is 16.5. The van der Waals surface area contributed by atoms with Crippen LogP contribution in [0.5, 0.6) is 0 Å². The van der Waals surface area contributed by atoms with Gasteiger partial charge in [-0.1, -0.05) is 18.2 Å². The van der Waals surface area contributed by atoms with Gasteiger partial charge in [-0.15, -0.1) is 0 Å². The molecule has 2 unspecified atom stereocenters. The molecular weight excluding hydrogens is 270 g/mol. The standard InChI is InChI=1S/C16H19NO4/c1-10(13-7-4-8-20-13)17-9-12-11-5-2-3-6-14(11)21-15(12)16(18)19/h2-3,5-6,10,13,17H,4,7-9H2,1H3,(H,18,19). The molecule has 1 aliphatic heterocycles. The van der Waals surface area contributed by atoms with Gasteiger partial charge in [0.05, 0.1) is 6.10 Å². The van der Waals surface area contributed by atoms with E-state index >= 15 is 0 Å². The quantitative estimate of drug-likeness (QED) is 0.885. The molecule has 0 bridgehead atoms. The molecule has 1 aromatic carbocycles. The Morgan fingerprint density at radius 1 is 1.48 bits per heavy atom. The van der Waals surface area contributed by atoms with Crippen molar-refractivity contribution in [3.05, 3.63) is 35.6 Å². The summed E-state index contributed by atoms with van der Waals surface area (Å²) in [4.78, 5) is 11.3. The van der Waals surface area contributed by atoms with Crippen molar-refractivity contribution in [1.29, 1.82) is 0 Å². The van der Waals surface area contributed by atoms with Crippen LogP contribution >= 0.6 is 0 Å². The number of hydrogen-bond acceptors (Lipinski definition) is 4. The van der Waals surface area contributed by atoms with Gasteiger partial charge in [0.15, 0.2) is 0 Å². The Kier molecular flexibility index (Phi) is 3.94. The Morgan fingerprint density at radius 2 is 2.29 bits per heavy atom. The summed E-state index contributed by atoms with van der Waals surface area (Å²) in [6.07, 6.45) is 2.34. The first-order valence-corrected chi connectivity index (χ1v) is 7.25. The minimum atomic E-state index is -1.03. The summed E-state index contributed by atoms with van der Waals surface area (Å²) in [7, 11) is 0. The summed E-state index contributed by atoms with van der Waals surface area (Å²) in [6.45, 7) is 3.34. The topological polar surface area (TPSA) is 71.7 Å². The molecule has 2 aromatic rings. The zero-order chi connectivity index (χ0) is 14.8. The second-order valence-electron chi connectivity index (χ2n) is 5.43. The summed E-state index contributed by atoms with van der Waals surface area (Å²) in [5.41, 5.74) is 1.31. The van der Waals surface area contributed by atoms with Crippen molar-refractivity contribution >= 4 is 16.9 Å². The highest BCUT2D eigenvalue weighted by Gasteiger charge is 2.24. The van der Waals surface area contributed by atoms with E-state index in [0.29, 0.717) is 17.7 Å². The molecule has 2 N–H and O–H groups in total. The van der Waals surface area contributed by atoms with Gasteiger partial charge in [-0.25, -0.2) is 4.79 Å². The largest absolute Gasteiger partial charge is 0.475 e. The second-order valence-corrected chi connectivity index (χ2v) is 5.43. The van der Waals surface area contributed by atoms with Gasteiger partial charge in [0.2, 0.25) is 5.76 Å². The average molecular weight is 289 g/mol. The number of furan rings is 1. The van der Waals surface area contributed by atoms with Crippen LogP contribution in [-0.2, 0) is 11.3 Å². The molecule has 1 aliphatic rings. The molecule has 1 fully saturated rings. The van der Waals surface area contributed by atoms with Gasteiger partial charge in [-0.2, -0.15) is 0 Å². The third-order valence-corrected chi connectivity index (χ3v) is 4.02. The van der Waals surface area contributed by atoms with Crippen molar-refractivity contribution in [2.75, 3.05) is 6.61 Å². The van der Waals surface area contributed by atoms with Crippen molar-refractivity contribution in [1.82, 2.24) is 5.32 Å². The molecule has 5 heteroatoms. The number of carboxylic acid groups (broad SMARTS) is 1. The second kappa shape index (κ2) is 5.87. The van der Waals surface area contributed by atoms with E-state index in [1.807, 2.05) is 18.2 Å². The average Bonchev–Trinajstić information content (AvgIpc) is 3.12. The predicted molar refractivity (Wildman–Crippen MR) is 78.4 cm³/mol. The molecule has 0 amide bonds. The molecule has 112 valence electrons. The van der Waals surface area contributed by atoms with Crippen molar-refractivity contribution in [2.24, 2.45) is 0 Å². The fraction of sp³-hybridized carbons (Fsp3) is 0.438. The number of para-hydroxylation sites is 1. The van der Waals surface area contributed by atoms with Crippen LogP contribution in [0.4, 0.5) is 0 Å². The number of nitrogens with one attached hydrogen (secondary N) is 1. The maximum atomic E-state index is 11.3. The smallest absolute Gasteiger partial charge is 0.372 e. The summed E-state index contributed by atoms with van der Waals surface area (Å²) in [5.74, 6) is -1.02. The van der Waals surface area contributed by atoms with E-state index in [1.165, 1.54) is 0 Å². The SMILES string of the molecule is CC(NCc1c(C(=O)O)oc2ccccc12)C1CCCO1. The van der Waals surface area contributed by atoms with E-state index in [4.69, 9.17) is 9.15 Å². The van der Waals surface area contributed by atoms with Crippen LogP contribution in [0.25, 0.3) is 11.0 Å². The Bertz CT molecular complexity index is 643. The number of benzene rings is 1. The molecule has 0 spiro atoms. The molecule has 3 rings (SSSR count). The number of ether oxygens (including phenoxy) is 1. The maximum Gasteiger partial charge on any atom is 0.372 e. The molecule has 1 saturated heterocycles. The van der Waals surface area contributed by atoms with Gasteiger partial charge in [0.25, 0.3) is 0 Å². The predicted octanol–water partition coefficient (Wildman–Crippen LogP) is 2.79. The number of carbonyl (C=O) groups is 1. The molecule has 21 heavy (non-hydrogen) atoms. The number of aromatic carboxylic acids is 1. The number of carboxylic acids is 1. The molecule has 1 aromatic heterocycles. The van der Waals surface area contributed by atoms with E-state index < -0.39 is 5.97 Å². The van der Waals surface area contributed by atoms with Crippen molar-refractivity contribution in [3.63, 3.8) is 0 Å². The normalized spacial score (nSPS) is 20.0. The van der Waals surface area contributed by atoms with Gasteiger partial charge >= 0.3 is 5.97 Å². The lowest BCUT2D eigenvalue weighted by atomic mass is 10.1. The Balaban J connectivity index is 1.81. The van der Waals surface area contributed by atoms with Gasteiger partial charge < -0.3 is 19.6 Å². The van der Waals surface area contributed by atoms with Crippen LogP contribution in [0.15, 0.2) is 28.7 Å². The van der Waals surface area contributed by atoms with Crippen LogP contribution < -0.4 is 5.32 Å². The van der Waals surface area contributed by atoms with Crippen LogP contribution in [0.2, 0.25) is 0 Å². The molecule has 2 atom stereocenters. The lowest BCUT2D eigenvalue weighted by Gasteiger charge is -2.19. The van der Waals surface area contributed by atoms with E-state index in [9.17, 15) is 9.90 Å². The molecular formula is C16H19NO4. The first kappa shape index (κ1) is 14.1. The van der Waals surface area contributed by atoms with Crippen molar-refractivity contribution in [2.45, 2.75) is 38.5 Å². The van der Waals surface area contributed by atoms with E-state index in [1.54, 1.807) is 6.07 Å². The molecule has 2 heterocycles. The Hall–Kier alpha value is -1.85. The first-order valence-electron chi connectivity index (χ1n) is 7.25. The third kappa shape index (κ3) is 2.80. The summed E-state index contributed by atoms with van der Waals surface area (Å²) in [6, 6.07) is 7.58. The highest BCUT2D eigenvalue weighted by Crippen LogP contribution is 2.26. The number of rotatable bonds is 5. The fourth-order valence-corrected chi connectivity index (χ4v) is 2.84. The Labute approximate surface area is 122 Å². The number of hydrogen-bond donors (Lipinski definition) is 2. The fourth-order valence-electron chi connectivity index (χ4n) is 2.84. The van der Waals surface area contributed by atoms with E-state index in [2.05, 4.69) is 12.2 Å². The van der Waals surface area contributed by atoms with Gasteiger partial charge in [-0.3, -0.25) is 0 Å². The molecule has 0 radical (unpaired) electrons. The van der Waals surface area contributed by atoms with Crippen LogP contribution in [0, 0.1) is 0 Å². The zero-order valence-electron chi connectivity index (χ0n) is 12.0. The van der Waals surface area contributed by atoms with Gasteiger partial charge in [0.1, 0.15) is 5.58 Å². The molecule has 0 aliphatic carbocycles. The van der Waals surface area contributed by atoms with Gasteiger partial charge in [0, 0.05) is 30.1 Å². The number of fused-ring (bicyclic) bond motifs is 1.